The summed E-state index contributed by atoms with van der Waals surface area (Å²) in [5.74, 6) is 0.400. The summed E-state index contributed by atoms with van der Waals surface area (Å²) in [5, 5.41) is 0. The van der Waals surface area contributed by atoms with E-state index in [2.05, 4.69) is 17.9 Å². The van der Waals surface area contributed by atoms with Crippen LogP contribution in [0, 0.1) is 12.8 Å². The second kappa shape index (κ2) is 5.23. The normalized spacial score (nSPS) is 23.3. The van der Waals surface area contributed by atoms with E-state index in [1.807, 2.05) is 17.0 Å². The van der Waals surface area contributed by atoms with Crippen molar-refractivity contribution in [3.8, 4) is 0 Å². The summed E-state index contributed by atoms with van der Waals surface area (Å²) >= 11 is 0. The molecule has 0 N–H and O–H groups in total. The van der Waals surface area contributed by atoms with Gasteiger partial charge in [-0.25, -0.2) is 8.42 Å². The maximum absolute atomic E-state index is 12.7. The van der Waals surface area contributed by atoms with Crippen LogP contribution in [0.3, 0.4) is 0 Å². The van der Waals surface area contributed by atoms with E-state index in [4.69, 9.17) is 0 Å². The molecule has 6 heteroatoms. The summed E-state index contributed by atoms with van der Waals surface area (Å²) in [7, 11) is -2.86. The highest BCUT2D eigenvalue weighted by molar-refractivity contribution is 7.92. The van der Waals surface area contributed by atoms with Gasteiger partial charge in [0.1, 0.15) is 0 Å². The average molecular weight is 334 g/mol. The minimum Gasteiger partial charge on any atom is -0.365 e. The Bertz CT molecular complexity index is 743. The molecular formula is C17H22N2O3S. The van der Waals surface area contributed by atoms with Crippen molar-refractivity contribution < 1.29 is 13.2 Å². The number of hydrogen-bond acceptors (Lipinski definition) is 4. The van der Waals surface area contributed by atoms with Gasteiger partial charge in [-0.2, -0.15) is 0 Å². The minimum absolute atomic E-state index is 0.00206. The molecule has 0 atom stereocenters. The van der Waals surface area contributed by atoms with Crippen LogP contribution >= 0.6 is 0 Å². The minimum atomic E-state index is -2.86. The summed E-state index contributed by atoms with van der Waals surface area (Å²) in [5.41, 5.74) is 3.39. The van der Waals surface area contributed by atoms with Crippen LogP contribution in [0.4, 0.5) is 11.4 Å². The third-order valence-electron chi connectivity index (χ3n) is 5.09. The summed E-state index contributed by atoms with van der Waals surface area (Å²) < 4.78 is 22.6. The van der Waals surface area contributed by atoms with Gasteiger partial charge in [0.15, 0.2) is 9.84 Å². The highest BCUT2D eigenvalue weighted by Crippen LogP contribution is 2.42. The average Bonchev–Trinajstić information content (AvgIpc) is 3.29. The largest absolute Gasteiger partial charge is 0.365 e. The Balaban J connectivity index is 1.57. The zero-order valence-corrected chi connectivity index (χ0v) is 14.2. The van der Waals surface area contributed by atoms with Crippen molar-refractivity contribution in [1.82, 2.24) is 0 Å². The second-order valence-electron chi connectivity index (χ2n) is 7.06. The molecular weight excluding hydrogens is 312 g/mol. The van der Waals surface area contributed by atoms with Crippen molar-refractivity contribution in [3.05, 3.63) is 23.8 Å². The fraction of sp³-hybridized carbons (Fsp3) is 0.588. The standard InChI is InChI=1S/C17H22N2O3S/c1-12-3-2-4-15-17(12)18(14-5-6-14)7-8-19(15)16(20)9-13-10-23(21,22)11-13/h2-4,13-14H,5-11H2,1H3. The smallest absolute Gasteiger partial charge is 0.227 e. The molecule has 1 amide bonds. The van der Waals surface area contributed by atoms with Gasteiger partial charge in [0.05, 0.1) is 22.9 Å². The molecule has 2 heterocycles. The highest BCUT2D eigenvalue weighted by atomic mass is 32.2. The Hall–Kier alpha value is -1.56. The molecule has 1 aromatic carbocycles. The van der Waals surface area contributed by atoms with Crippen molar-refractivity contribution in [2.45, 2.75) is 32.2 Å². The van der Waals surface area contributed by atoms with Crippen LogP contribution in [0.5, 0.6) is 0 Å². The van der Waals surface area contributed by atoms with Gasteiger partial charge in [-0.3, -0.25) is 4.79 Å². The van der Waals surface area contributed by atoms with E-state index < -0.39 is 9.84 Å². The Morgan fingerprint density at radius 1 is 1.22 bits per heavy atom. The first kappa shape index (κ1) is 15.0. The molecule has 1 saturated carbocycles. The first-order valence-electron chi connectivity index (χ1n) is 8.32. The number of nitrogens with zero attached hydrogens (tertiary/aromatic N) is 2. The number of fused-ring (bicyclic) bond motifs is 1. The first-order chi connectivity index (χ1) is 10.9. The molecule has 2 fully saturated rings. The SMILES string of the molecule is Cc1cccc2c1N(C1CC1)CCN2C(=O)CC1CS(=O)(=O)C1. The number of amides is 1. The van der Waals surface area contributed by atoms with E-state index in [-0.39, 0.29) is 23.3 Å². The van der Waals surface area contributed by atoms with E-state index in [1.165, 1.54) is 24.1 Å². The van der Waals surface area contributed by atoms with Crippen LogP contribution in [0.2, 0.25) is 0 Å². The third-order valence-corrected chi connectivity index (χ3v) is 7.05. The van der Waals surface area contributed by atoms with Gasteiger partial charge < -0.3 is 9.80 Å². The molecule has 3 aliphatic rings. The second-order valence-corrected chi connectivity index (χ2v) is 9.21. The van der Waals surface area contributed by atoms with Gasteiger partial charge in [-0.05, 0) is 37.3 Å². The number of para-hydroxylation sites is 1. The number of hydrogen-bond donors (Lipinski definition) is 0. The van der Waals surface area contributed by atoms with Gasteiger partial charge in [-0.1, -0.05) is 12.1 Å². The molecule has 1 saturated heterocycles. The number of anilines is 2. The summed E-state index contributed by atoms with van der Waals surface area (Å²) in [6.07, 6.45) is 2.82. The third kappa shape index (κ3) is 2.73. The number of benzene rings is 1. The molecule has 1 aromatic rings. The van der Waals surface area contributed by atoms with Crippen LogP contribution in [0.1, 0.15) is 24.8 Å². The lowest BCUT2D eigenvalue weighted by atomic mass is 10.0. The fourth-order valence-corrected chi connectivity index (χ4v) is 5.40. The Morgan fingerprint density at radius 3 is 2.61 bits per heavy atom. The van der Waals surface area contributed by atoms with E-state index >= 15 is 0 Å². The number of sulfone groups is 1. The molecule has 4 rings (SSSR count). The lowest BCUT2D eigenvalue weighted by molar-refractivity contribution is -0.119. The Morgan fingerprint density at radius 2 is 1.96 bits per heavy atom. The van der Waals surface area contributed by atoms with E-state index in [0.29, 0.717) is 19.0 Å². The Kier molecular flexibility index (Phi) is 3.41. The number of carbonyl (C=O) groups excluding carboxylic acids is 1. The molecule has 0 aromatic heterocycles. The molecule has 2 aliphatic heterocycles. The van der Waals surface area contributed by atoms with Crippen LogP contribution in [0.15, 0.2) is 18.2 Å². The quantitative estimate of drug-likeness (QED) is 0.845. The van der Waals surface area contributed by atoms with Crippen molar-refractivity contribution in [2.24, 2.45) is 5.92 Å². The zero-order chi connectivity index (χ0) is 16.2. The van der Waals surface area contributed by atoms with Gasteiger partial charge in [0.2, 0.25) is 5.91 Å². The van der Waals surface area contributed by atoms with Crippen LogP contribution in [0.25, 0.3) is 0 Å². The Labute approximate surface area is 137 Å². The maximum Gasteiger partial charge on any atom is 0.227 e. The van der Waals surface area contributed by atoms with E-state index in [1.54, 1.807) is 0 Å². The predicted molar refractivity (Wildman–Crippen MR) is 90.7 cm³/mol. The number of rotatable bonds is 3. The van der Waals surface area contributed by atoms with Gasteiger partial charge in [0, 0.05) is 25.6 Å². The summed E-state index contributed by atoms with van der Waals surface area (Å²) in [6, 6.07) is 6.75. The van der Waals surface area contributed by atoms with Crippen molar-refractivity contribution in [2.75, 3.05) is 34.4 Å². The molecule has 0 bridgehead atoms. The first-order valence-corrected chi connectivity index (χ1v) is 10.1. The monoisotopic (exact) mass is 334 g/mol. The van der Waals surface area contributed by atoms with Crippen molar-refractivity contribution in [3.63, 3.8) is 0 Å². The van der Waals surface area contributed by atoms with Crippen LogP contribution in [-0.4, -0.2) is 45.0 Å². The van der Waals surface area contributed by atoms with Gasteiger partial charge in [-0.15, -0.1) is 0 Å². The summed E-state index contributed by atoms with van der Waals surface area (Å²) in [6.45, 7) is 3.67. The molecule has 0 unspecified atom stereocenters. The molecule has 23 heavy (non-hydrogen) atoms. The molecule has 5 nitrogen and oxygen atoms in total. The lowest BCUT2D eigenvalue weighted by Crippen LogP contribution is -2.47. The van der Waals surface area contributed by atoms with E-state index in [0.717, 1.165) is 12.2 Å². The zero-order valence-electron chi connectivity index (χ0n) is 13.4. The topological polar surface area (TPSA) is 57.7 Å². The maximum atomic E-state index is 12.7. The van der Waals surface area contributed by atoms with Gasteiger partial charge >= 0.3 is 0 Å². The van der Waals surface area contributed by atoms with Crippen molar-refractivity contribution in [1.29, 1.82) is 0 Å². The van der Waals surface area contributed by atoms with Gasteiger partial charge in [0.25, 0.3) is 0 Å². The molecule has 0 radical (unpaired) electrons. The molecule has 124 valence electrons. The lowest BCUT2D eigenvalue weighted by Gasteiger charge is -2.40. The number of carbonyl (C=O) groups is 1. The van der Waals surface area contributed by atoms with Crippen LogP contribution < -0.4 is 9.80 Å². The van der Waals surface area contributed by atoms with E-state index in [9.17, 15) is 13.2 Å². The van der Waals surface area contributed by atoms with Crippen LogP contribution in [-0.2, 0) is 14.6 Å². The number of aryl methyl sites for hydroxylation is 1. The van der Waals surface area contributed by atoms with Crippen molar-refractivity contribution >= 4 is 27.1 Å². The molecule has 1 aliphatic carbocycles. The fourth-order valence-electron chi connectivity index (χ4n) is 3.83. The predicted octanol–water partition coefficient (Wildman–Crippen LogP) is 1.75. The molecule has 0 spiro atoms. The summed E-state index contributed by atoms with van der Waals surface area (Å²) in [4.78, 5) is 17.0. The highest BCUT2D eigenvalue weighted by Gasteiger charge is 2.39.